The van der Waals surface area contributed by atoms with Crippen LogP contribution in [-0.4, -0.2) is 43.4 Å². The second-order valence-corrected chi connectivity index (χ2v) is 6.08. The van der Waals surface area contributed by atoms with Gasteiger partial charge in [-0.25, -0.2) is 12.8 Å². The molecule has 18 heavy (non-hydrogen) atoms. The van der Waals surface area contributed by atoms with Crippen LogP contribution in [0.2, 0.25) is 0 Å². The summed E-state index contributed by atoms with van der Waals surface area (Å²) in [7, 11) is -3.67. The second kappa shape index (κ2) is 5.29. The van der Waals surface area contributed by atoms with E-state index in [0.29, 0.717) is 13.1 Å². The van der Waals surface area contributed by atoms with Crippen molar-refractivity contribution in [2.24, 2.45) is 0 Å². The molecule has 1 aliphatic heterocycles. The maximum Gasteiger partial charge on any atom is 0.244 e. The average Bonchev–Trinajstić information content (AvgIpc) is 2.83. The third-order valence-electron chi connectivity index (χ3n) is 3.04. The van der Waals surface area contributed by atoms with Crippen LogP contribution in [0.3, 0.4) is 0 Å². The third kappa shape index (κ3) is 2.52. The van der Waals surface area contributed by atoms with Crippen molar-refractivity contribution < 1.29 is 12.8 Å². The predicted molar refractivity (Wildman–Crippen MR) is 65.0 cm³/mol. The van der Waals surface area contributed by atoms with Crippen LogP contribution in [0.25, 0.3) is 0 Å². The molecule has 1 aliphatic rings. The van der Waals surface area contributed by atoms with Crippen molar-refractivity contribution in [3.63, 3.8) is 0 Å². The van der Waals surface area contributed by atoms with Gasteiger partial charge in [0.1, 0.15) is 10.7 Å². The van der Waals surface area contributed by atoms with Gasteiger partial charge in [0.2, 0.25) is 10.0 Å². The molecule has 0 saturated carbocycles. The summed E-state index contributed by atoms with van der Waals surface area (Å²) in [5.74, 6) is -0.642. The molecule has 0 radical (unpaired) electrons. The lowest BCUT2D eigenvalue weighted by Gasteiger charge is -2.26. The molecule has 100 valence electrons. The molecule has 0 bridgehead atoms. The molecule has 1 unspecified atom stereocenters. The molecule has 1 aromatic rings. The largest absolute Gasteiger partial charge is 0.315 e. The molecule has 0 aliphatic carbocycles. The van der Waals surface area contributed by atoms with Gasteiger partial charge in [0.25, 0.3) is 0 Å². The maximum atomic E-state index is 13.1. The molecular formula is C11H16FN3O2S. The number of aromatic nitrogens is 1. The Hall–Kier alpha value is -1.05. The number of nitrogens with one attached hydrogen (secondary N) is 1. The second-order valence-electron chi connectivity index (χ2n) is 4.19. The van der Waals surface area contributed by atoms with Crippen molar-refractivity contribution in [2.45, 2.75) is 24.3 Å². The van der Waals surface area contributed by atoms with Crippen LogP contribution in [-0.2, 0) is 10.0 Å². The van der Waals surface area contributed by atoms with Crippen LogP contribution < -0.4 is 5.32 Å². The van der Waals surface area contributed by atoms with Gasteiger partial charge in [-0.2, -0.15) is 4.31 Å². The van der Waals surface area contributed by atoms with Crippen LogP contribution >= 0.6 is 0 Å². The number of nitrogens with zero attached hydrogens (tertiary/aromatic N) is 2. The van der Waals surface area contributed by atoms with E-state index in [4.69, 9.17) is 0 Å². The first-order valence-corrected chi connectivity index (χ1v) is 7.33. The molecule has 1 atom stereocenters. The Morgan fingerprint density at radius 3 is 2.89 bits per heavy atom. The lowest BCUT2D eigenvalue weighted by Crippen LogP contribution is -2.41. The highest BCUT2D eigenvalue weighted by atomic mass is 32.2. The summed E-state index contributed by atoms with van der Waals surface area (Å²) in [6, 6.07) is 0.941. The van der Waals surface area contributed by atoms with Gasteiger partial charge in [-0.1, -0.05) is 6.92 Å². The Morgan fingerprint density at radius 2 is 2.33 bits per heavy atom. The molecule has 2 rings (SSSR count). The van der Waals surface area contributed by atoms with Crippen LogP contribution in [0.15, 0.2) is 23.4 Å². The van der Waals surface area contributed by atoms with E-state index in [-0.39, 0.29) is 10.9 Å². The number of halogens is 1. The molecule has 2 heterocycles. The molecule has 1 N–H and O–H groups in total. The average molecular weight is 273 g/mol. The Labute approximate surface area is 106 Å². The molecule has 0 aromatic carbocycles. The minimum atomic E-state index is -3.67. The van der Waals surface area contributed by atoms with Crippen molar-refractivity contribution in [1.82, 2.24) is 14.6 Å². The fraction of sp³-hybridized carbons (Fsp3) is 0.545. The molecule has 1 saturated heterocycles. The number of hydrogen-bond acceptors (Lipinski definition) is 4. The van der Waals surface area contributed by atoms with Crippen molar-refractivity contribution in [3.05, 3.63) is 24.3 Å². The Bertz CT molecular complexity index is 515. The van der Waals surface area contributed by atoms with E-state index in [1.54, 1.807) is 6.92 Å². The van der Waals surface area contributed by atoms with Gasteiger partial charge >= 0.3 is 0 Å². The molecule has 7 heteroatoms. The first kappa shape index (κ1) is 13.4. The number of rotatable bonds is 4. The van der Waals surface area contributed by atoms with Gasteiger partial charge in [-0.3, -0.25) is 4.98 Å². The van der Waals surface area contributed by atoms with Gasteiger partial charge in [-0.15, -0.1) is 0 Å². The van der Waals surface area contributed by atoms with E-state index in [1.165, 1.54) is 10.5 Å². The van der Waals surface area contributed by atoms with E-state index in [1.807, 2.05) is 0 Å². The smallest absolute Gasteiger partial charge is 0.244 e. The zero-order valence-electron chi connectivity index (χ0n) is 10.1. The lowest BCUT2D eigenvalue weighted by atomic mass is 10.3. The zero-order valence-corrected chi connectivity index (χ0v) is 11.0. The van der Waals surface area contributed by atoms with Crippen molar-refractivity contribution >= 4 is 10.0 Å². The summed E-state index contributed by atoms with van der Waals surface area (Å²) in [5.41, 5.74) is 0. The quantitative estimate of drug-likeness (QED) is 0.872. The number of likely N-dealkylation sites (N-methyl/N-ethyl adjacent to an activating group) is 1. The molecule has 0 spiro atoms. The molecular weight excluding hydrogens is 257 g/mol. The Kier molecular flexibility index (Phi) is 3.94. The van der Waals surface area contributed by atoms with E-state index in [0.717, 1.165) is 25.2 Å². The summed E-state index contributed by atoms with van der Waals surface area (Å²) in [6.45, 7) is 3.59. The topological polar surface area (TPSA) is 62.3 Å². The van der Waals surface area contributed by atoms with E-state index in [9.17, 15) is 12.8 Å². The minimum absolute atomic E-state index is 0.0664. The summed E-state index contributed by atoms with van der Waals surface area (Å²) in [6.07, 6.45) is 2.95. The van der Waals surface area contributed by atoms with Crippen LogP contribution in [0.5, 0.6) is 0 Å². The van der Waals surface area contributed by atoms with Crippen LogP contribution in [0.1, 0.15) is 13.3 Å². The van der Waals surface area contributed by atoms with Crippen molar-refractivity contribution in [3.8, 4) is 0 Å². The van der Waals surface area contributed by atoms with Crippen molar-refractivity contribution in [2.75, 3.05) is 19.6 Å². The summed E-state index contributed by atoms with van der Waals surface area (Å²) in [5, 5.41) is 3.13. The molecule has 5 nitrogen and oxygen atoms in total. The van der Waals surface area contributed by atoms with Gasteiger partial charge in [0.05, 0.1) is 6.20 Å². The summed E-state index contributed by atoms with van der Waals surface area (Å²) >= 11 is 0. The van der Waals surface area contributed by atoms with Gasteiger partial charge in [0.15, 0.2) is 0 Å². The fourth-order valence-corrected chi connectivity index (χ4v) is 3.82. The van der Waals surface area contributed by atoms with Gasteiger partial charge in [-0.05, 0) is 19.0 Å². The van der Waals surface area contributed by atoms with Crippen LogP contribution in [0, 0.1) is 5.82 Å². The Morgan fingerprint density at radius 1 is 1.56 bits per heavy atom. The van der Waals surface area contributed by atoms with E-state index >= 15 is 0 Å². The fourth-order valence-electron chi connectivity index (χ4n) is 2.18. The Balaban J connectivity index is 2.33. The van der Waals surface area contributed by atoms with Crippen LogP contribution in [0.4, 0.5) is 4.39 Å². The highest BCUT2D eigenvalue weighted by molar-refractivity contribution is 7.89. The standard InChI is InChI=1S/C11H16FN3O2S/c1-2-15(10-3-4-13-7-10)18(16,17)11-5-9(12)6-14-8-11/h5-6,8,10,13H,2-4,7H2,1H3. The first-order valence-electron chi connectivity index (χ1n) is 5.89. The first-order chi connectivity index (χ1) is 8.55. The predicted octanol–water partition coefficient (Wildman–Crippen LogP) is 0.593. The number of hydrogen-bond donors (Lipinski definition) is 1. The lowest BCUT2D eigenvalue weighted by molar-refractivity contribution is 0.348. The monoisotopic (exact) mass is 273 g/mol. The molecule has 0 amide bonds. The molecule has 1 aromatic heterocycles. The van der Waals surface area contributed by atoms with E-state index in [2.05, 4.69) is 10.3 Å². The summed E-state index contributed by atoms with van der Waals surface area (Å²) in [4.78, 5) is 3.51. The van der Waals surface area contributed by atoms with Gasteiger partial charge < -0.3 is 5.32 Å². The highest BCUT2D eigenvalue weighted by Gasteiger charge is 2.32. The van der Waals surface area contributed by atoms with Crippen molar-refractivity contribution in [1.29, 1.82) is 0 Å². The normalized spacial score (nSPS) is 20.5. The third-order valence-corrected chi connectivity index (χ3v) is 5.03. The number of sulfonamides is 1. The van der Waals surface area contributed by atoms with Gasteiger partial charge in [0, 0.05) is 25.3 Å². The van der Waals surface area contributed by atoms with E-state index < -0.39 is 15.8 Å². The SMILES string of the molecule is CCN(C1CCNC1)S(=O)(=O)c1cncc(F)c1. The highest BCUT2D eigenvalue weighted by Crippen LogP contribution is 2.20. The number of pyridine rings is 1. The maximum absolute atomic E-state index is 13.1. The zero-order chi connectivity index (χ0) is 13.2. The minimum Gasteiger partial charge on any atom is -0.315 e. The summed E-state index contributed by atoms with van der Waals surface area (Å²) < 4.78 is 39.3. The molecule has 1 fully saturated rings.